The van der Waals surface area contributed by atoms with E-state index in [1.807, 2.05) is 24.3 Å². The Hall–Kier alpha value is -3.71. The molecule has 30 heavy (non-hydrogen) atoms. The first kappa shape index (κ1) is 19.6. The maximum atomic E-state index is 12.2. The molecular formula is C22H18ClN5O2. The van der Waals surface area contributed by atoms with Crippen LogP contribution in [0.2, 0.25) is 5.02 Å². The normalized spacial score (nSPS) is 10.6. The molecule has 2 aromatic heterocycles. The van der Waals surface area contributed by atoms with E-state index >= 15 is 0 Å². The molecule has 4 aromatic rings. The van der Waals surface area contributed by atoms with Crippen molar-refractivity contribution in [2.45, 2.75) is 12.8 Å². The maximum absolute atomic E-state index is 12.2. The molecule has 150 valence electrons. The lowest BCUT2D eigenvalue weighted by Gasteiger charge is -2.08. The summed E-state index contributed by atoms with van der Waals surface area (Å²) in [4.78, 5) is 16.2. The van der Waals surface area contributed by atoms with Crippen LogP contribution in [0.4, 0.5) is 5.69 Å². The van der Waals surface area contributed by atoms with E-state index in [0.717, 1.165) is 5.56 Å². The molecule has 0 saturated carbocycles. The Morgan fingerprint density at radius 2 is 1.93 bits per heavy atom. The van der Waals surface area contributed by atoms with E-state index in [1.165, 1.54) is 0 Å². The number of hydrogen-bond donors (Lipinski definition) is 1. The first-order valence-electron chi connectivity index (χ1n) is 9.30. The van der Waals surface area contributed by atoms with Crippen LogP contribution in [-0.2, 0) is 11.2 Å². The Labute approximate surface area is 178 Å². The molecule has 4 rings (SSSR count). The van der Waals surface area contributed by atoms with Crippen LogP contribution in [0.15, 0.2) is 79.4 Å². The van der Waals surface area contributed by atoms with Gasteiger partial charge in [0.1, 0.15) is 12.1 Å². The first-order valence-corrected chi connectivity index (χ1v) is 9.68. The van der Waals surface area contributed by atoms with Crippen LogP contribution in [-0.4, -0.2) is 25.7 Å². The Morgan fingerprint density at radius 3 is 2.63 bits per heavy atom. The predicted octanol–water partition coefficient (Wildman–Crippen LogP) is 4.68. The van der Waals surface area contributed by atoms with Crippen LogP contribution in [0.5, 0.6) is 11.6 Å². The topological polar surface area (TPSA) is 81.9 Å². The van der Waals surface area contributed by atoms with Gasteiger partial charge in [-0.15, -0.1) is 10.2 Å². The summed E-state index contributed by atoms with van der Waals surface area (Å²) in [6, 6.07) is 18.1. The molecule has 0 fully saturated rings. The summed E-state index contributed by atoms with van der Waals surface area (Å²) in [5.41, 5.74) is 1.72. The third-order valence-electron chi connectivity index (χ3n) is 4.29. The number of rotatable bonds is 7. The zero-order valence-electron chi connectivity index (χ0n) is 15.9. The van der Waals surface area contributed by atoms with Crippen LogP contribution < -0.4 is 10.1 Å². The van der Waals surface area contributed by atoms with Crippen LogP contribution in [0.1, 0.15) is 12.0 Å². The molecule has 0 aliphatic rings. The highest BCUT2D eigenvalue weighted by Gasteiger charge is 2.06. The minimum atomic E-state index is -0.0652. The SMILES string of the molecule is O=C(CCc1cccc(Cl)c1)Nc1ccc(Oc2ccc(-n3ccnc3)nn2)cc1. The standard InChI is InChI=1S/C22H18ClN5O2/c23-17-3-1-2-16(14-17)4-10-21(29)25-18-5-7-19(8-6-18)30-22-11-9-20(26-27-22)28-13-12-24-15-28/h1-3,5-9,11-15H,4,10H2,(H,25,29). The van der Waals surface area contributed by atoms with E-state index in [1.54, 1.807) is 59.7 Å². The van der Waals surface area contributed by atoms with Gasteiger partial charge in [0.05, 0.1) is 0 Å². The van der Waals surface area contributed by atoms with E-state index < -0.39 is 0 Å². The lowest BCUT2D eigenvalue weighted by molar-refractivity contribution is -0.116. The Balaban J connectivity index is 1.30. The van der Waals surface area contributed by atoms with Crippen molar-refractivity contribution in [1.29, 1.82) is 0 Å². The summed E-state index contributed by atoms with van der Waals surface area (Å²) in [6.45, 7) is 0. The van der Waals surface area contributed by atoms with Crippen molar-refractivity contribution in [3.05, 3.63) is 90.0 Å². The van der Waals surface area contributed by atoms with Crippen molar-refractivity contribution in [3.8, 4) is 17.4 Å². The van der Waals surface area contributed by atoms with Gasteiger partial charge in [0.25, 0.3) is 0 Å². The number of halogens is 1. The number of nitrogens with one attached hydrogen (secondary N) is 1. The maximum Gasteiger partial charge on any atom is 0.238 e. The molecule has 0 unspecified atom stereocenters. The van der Waals surface area contributed by atoms with Gasteiger partial charge >= 0.3 is 0 Å². The number of nitrogens with zero attached hydrogens (tertiary/aromatic N) is 4. The zero-order chi connectivity index (χ0) is 20.8. The highest BCUT2D eigenvalue weighted by molar-refractivity contribution is 6.30. The number of aryl methyl sites for hydroxylation is 1. The van der Waals surface area contributed by atoms with E-state index in [9.17, 15) is 4.79 Å². The fourth-order valence-electron chi connectivity index (χ4n) is 2.80. The smallest absolute Gasteiger partial charge is 0.238 e. The highest BCUT2D eigenvalue weighted by Crippen LogP contribution is 2.22. The van der Waals surface area contributed by atoms with Crippen LogP contribution in [0, 0.1) is 0 Å². The van der Waals surface area contributed by atoms with Gasteiger partial charge in [-0.2, -0.15) is 0 Å². The van der Waals surface area contributed by atoms with Gasteiger partial charge in [-0.3, -0.25) is 9.36 Å². The van der Waals surface area contributed by atoms with Crippen LogP contribution >= 0.6 is 11.6 Å². The van der Waals surface area contributed by atoms with E-state index in [0.29, 0.717) is 41.0 Å². The highest BCUT2D eigenvalue weighted by atomic mass is 35.5. The quantitative estimate of drug-likeness (QED) is 0.470. The number of anilines is 1. The molecule has 0 saturated heterocycles. The molecule has 2 heterocycles. The van der Waals surface area contributed by atoms with Gasteiger partial charge in [0, 0.05) is 35.6 Å². The van der Waals surface area contributed by atoms with Gasteiger partial charge in [-0.25, -0.2) is 4.98 Å². The summed E-state index contributed by atoms with van der Waals surface area (Å²) in [5, 5.41) is 11.7. The fourth-order valence-corrected chi connectivity index (χ4v) is 3.01. The molecular weight excluding hydrogens is 402 g/mol. The molecule has 0 radical (unpaired) electrons. The van der Waals surface area contributed by atoms with Crippen molar-refractivity contribution in [1.82, 2.24) is 19.7 Å². The van der Waals surface area contributed by atoms with Crippen molar-refractivity contribution in [3.63, 3.8) is 0 Å². The summed E-state index contributed by atoms with van der Waals surface area (Å²) in [6.07, 6.45) is 6.10. The minimum Gasteiger partial charge on any atom is -0.438 e. The minimum absolute atomic E-state index is 0.0652. The molecule has 2 aromatic carbocycles. The number of aromatic nitrogens is 4. The second kappa shape index (κ2) is 9.19. The number of amides is 1. The van der Waals surface area contributed by atoms with Gasteiger partial charge in [0.15, 0.2) is 5.82 Å². The van der Waals surface area contributed by atoms with Gasteiger partial charge < -0.3 is 10.1 Å². The molecule has 8 heteroatoms. The summed E-state index contributed by atoms with van der Waals surface area (Å²) < 4.78 is 7.45. The lowest BCUT2D eigenvalue weighted by atomic mass is 10.1. The van der Waals surface area contributed by atoms with Crippen LogP contribution in [0.25, 0.3) is 5.82 Å². The summed E-state index contributed by atoms with van der Waals surface area (Å²) >= 11 is 5.97. The number of imidazole rings is 1. The Bertz CT molecular complexity index is 1110. The van der Waals surface area contributed by atoms with E-state index in [2.05, 4.69) is 20.5 Å². The molecule has 0 atom stereocenters. The number of carbonyl (C=O) groups excluding carboxylic acids is 1. The predicted molar refractivity (Wildman–Crippen MR) is 114 cm³/mol. The Morgan fingerprint density at radius 1 is 1.07 bits per heavy atom. The average molecular weight is 420 g/mol. The van der Waals surface area contributed by atoms with E-state index in [-0.39, 0.29) is 5.91 Å². The van der Waals surface area contributed by atoms with Crippen molar-refractivity contribution in [2.75, 3.05) is 5.32 Å². The number of hydrogen-bond acceptors (Lipinski definition) is 5. The molecule has 1 amide bonds. The molecule has 0 aliphatic carbocycles. The zero-order valence-corrected chi connectivity index (χ0v) is 16.7. The van der Waals surface area contributed by atoms with Crippen LogP contribution in [0.3, 0.4) is 0 Å². The van der Waals surface area contributed by atoms with Crippen molar-refractivity contribution in [2.24, 2.45) is 0 Å². The number of ether oxygens (including phenoxy) is 1. The largest absolute Gasteiger partial charge is 0.438 e. The number of carbonyl (C=O) groups is 1. The lowest BCUT2D eigenvalue weighted by Crippen LogP contribution is -2.12. The molecule has 7 nitrogen and oxygen atoms in total. The second-order valence-corrected chi connectivity index (χ2v) is 6.94. The second-order valence-electron chi connectivity index (χ2n) is 6.50. The average Bonchev–Trinajstić information content (AvgIpc) is 3.29. The van der Waals surface area contributed by atoms with Gasteiger partial charge in [-0.1, -0.05) is 23.7 Å². The van der Waals surface area contributed by atoms with Gasteiger partial charge in [0.2, 0.25) is 11.8 Å². The van der Waals surface area contributed by atoms with Crippen molar-refractivity contribution < 1.29 is 9.53 Å². The summed E-state index contributed by atoms with van der Waals surface area (Å²) in [7, 11) is 0. The molecule has 1 N–H and O–H groups in total. The number of benzene rings is 2. The van der Waals surface area contributed by atoms with E-state index in [4.69, 9.17) is 16.3 Å². The molecule has 0 spiro atoms. The molecule has 0 bridgehead atoms. The van der Waals surface area contributed by atoms with Crippen molar-refractivity contribution >= 4 is 23.2 Å². The fraction of sp³-hybridized carbons (Fsp3) is 0.0909. The monoisotopic (exact) mass is 419 g/mol. The third-order valence-corrected chi connectivity index (χ3v) is 4.52. The summed E-state index contributed by atoms with van der Waals surface area (Å²) in [5.74, 6) is 1.55. The third kappa shape index (κ3) is 5.21. The van der Waals surface area contributed by atoms with Gasteiger partial charge in [-0.05, 0) is 54.4 Å². The molecule has 0 aliphatic heterocycles. The Kier molecular flexibility index (Phi) is 6.01. The first-order chi connectivity index (χ1) is 14.7.